The van der Waals surface area contributed by atoms with Crippen LogP contribution in [0.1, 0.15) is 41.0 Å². The number of hydrogen-bond donors (Lipinski definition) is 0. The Kier molecular flexibility index (Phi) is 7.30. The summed E-state index contributed by atoms with van der Waals surface area (Å²) in [4.78, 5) is 39.6. The largest absolute Gasteiger partial charge is 0.416 e. The average molecular weight is 546 g/mol. The molecule has 10 heteroatoms. The number of para-hydroxylation sites is 1. The number of benzene rings is 2. The smallest absolute Gasteiger partial charge is 0.334 e. The standard InChI is InChI=1S/C30H26F3N5O2/c1-3-5-15-38-28(40)24-19-36(27(39)21-17-20-8-6-7-9-25(20)34-18-21)16-14-26(24)35-29(38)37(4-2)23-12-10-22(11-13-23)30(31,32)33/h6-13,17-18H,4,14-16,19H2,1-2H3. The molecule has 0 atom stereocenters. The van der Waals surface area contributed by atoms with Crippen LogP contribution in [-0.4, -0.2) is 38.4 Å². The third-order valence-electron chi connectivity index (χ3n) is 6.90. The van der Waals surface area contributed by atoms with Gasteiger partial charge in [-0.3, -0.25) is 19.1 Å². The van der Waals surface area contributed by atoms with Gasteiger partial charge in [-0.25, -0.2) is 4.98 Å². The highest BCUT2D eigenvalue weighted by molar-refractivity contribution is 5.97. The summed E-state index contributed by atoms with van der Waals surface area (Å²) in [5, 5.41) is 0.848. The molecule has 1 amide bonds. The molecule has 0 saturated heterocycles. The topological polar surface area (TPSA) is 71.3 Å². The van der Waals surface area contributed by atoms with Crippen LogP contribution in [0, 0.1) is 11.8 Å². The molecule has 0 N–H and O–H groups in total. The number of amides is 1. The molecule has 0 radical (unpaired) electrons. The van der Waals surface area contributed by atoms with Crippen molar-refractivity contribution in [1.29, 1.82) is 0 Å². The van der Waals surface area contributed by atoms with Crippen molar-refractivity contribution in [3.05, 3.63) is 93.5 Å². The first-order valence-corrected chi connectivity index (χ1v) is 12.8. The minimum absolute atomic E-state index is 0.0463. The maximum absolute atomic E-state index is 13.8. The van der Waals surface area contributed by atoms with Gasteiger partial charge in [-0.05, 0) is 50.2 Å². The summed E-state index contributed by atoms with van der Waals surface area (Å²) in [6, 6.07) is 14.1. The number of carbonyl (C=O) groups is 1. The second-order valence-electron chi connectivity index (χ2n) is 9.34. The van der Waals surface area contributed by atoms with Crippen molar-refractivity contribution in [2.24, 2.45) is 0 Å². The number of fused-ring (bicyclic) bond motifs is 2. The fourth-order valence-electron chi connectivity index (χ4n) is 4.82. The Hall–Kier alpha value is -4.65. The number of rotatable bonds is 5. The molecule has 5 rings (SSSR count). The highest BCUT2D eigenvalue weighted by Crippen LogP contribution is 2.32. The van der Waals surface area contributed by atoms with Gasteiger partial charge in [0.15, 0.2) is 0 Å². The lowest BCUT2D eigenvalue weighted by atomic mass is 10.1. The third kappa shape index (κ3) is 5.15. The summed E-state index contributed by atoms with van der Waals surface area (Å²) in [6.45, 7) is 4.33. The molecular formula is C30H26F3N5O2. The van der Waals surface area contributed by atoms with E-state index in [-0.39, 0.29) is 24.6 Å². The van der Waals surface area contributed by atoms with Gasteiger partial charge >= 0.3 is 6.18 Å². The first-order valence-electron chi connectivity index (χ1n) is 12.8. The van der Waals surface area contributed by atoms with Gasteiger partial charge in [-0.15, -0.1) is 5.92 Å². The van der Waals surface area contributed by atoms with E-state index < -0.39 is 11.7 Å². The van der Waals surface area contributed by atoms with Gasteiger partial charge in [0.1, 0.15) is 0 Å². The molecular weight excluding hydrogens is 519 g/mol. The fraction of sp³-hybridized carbons (Fsp3) is 0.267. The molecule has 2 aromatic carbocycles. The predicted octanol–water partition coefficient (Wildman–Crippen LogP) is 5.19. The molecule has 0 unspecified atom stereocenters. The van der Waals surface area contributed by atoms with E-state index in [1.165, 1.54) is 16.7 Å². The fourth-order valence-corrected chi connectivity index (χ4v) is 4.82. The molecule has 204 valence electrons. The Morgan fingerprint density at radius 1 is 1.12 bits per heavy atom. The highest BCUT2D eigenvalue weighted by atomic mass is 19.4. The van der Waals surface area contributed by atoms with Crippen LogP contribution >= 0.6 is 0 Å². The van der Waals surface area contributed by atoms with Crippen LogP contribution in [0.4, 0.5) is 24.8 Å². The Balaban J connectivity index is 1.50. The number of hydrogen-bond acceptors (Lipinski definition) is 5. The number of alkyl halides is 3. The van der Waals surface area contributed by atoms with Gasteiger partial charge in [0.2, 0.25) is 5.95 Å². The van der Waals surface area contributed by atoms with Crippen molar-refractivity contribution in [3.63, 3.8) is 0 Å². The van der Waals surface area contributed by atoms with E-state index in [0.717, 1.165) is 23.0 Å². The van der Waals surface area contributed by atoms with Crippen molar-refractivity contribution < 1.29 is 18.0 Å². The summed E-state index contributed by atoms with van der Waals surface area (Å²) in [6.07, 6.45) is -2.56. The zero-order chi connectivity index (χ0) is 28.4. The average Bonchev–Trinajstić information content (AvgIpc) is 2.96. The van der Waals surface area contributed by atoms with Crippen LogP contribution in [0.15, 0.2) is 65.6 Å². The molecule has 7 nitrogen and oxygen atoms in total. The Morgan fingerprint density at radius 3 is 2.58 bits per heavy atom. The lowest BCUT2D eigenvalue weighted by molar-refractivity contribution is -0.137. The SMILES string of the molecule is CC#CCn1c(N(CC)c2ccc(C(F)(F)F)cc2)nc2c(c1=O)CN(C(=O)c1cnc3ccccc3c1)CC2. The number of anilines is 2. The summed E-state index contributed by atoms with van der Waals surface area (Å²) in [5.74, 6) is 5.75. The molecule has 0 fully saturated rings. The molecule has 2 aromatic heterocycles. The minimum Gasteiger partial charge on any atom is -0.334 e. The summed E-state index contributed by atoms with van der Waals surface area (Å²) in [5.41, 5.74) is 1.56. The van der Waals surface area contributed by atoms with Gasteiger partial charge in [0.05, 0.1) is 41.0 Å². The second-order valence-corrected chi connectivity index (χ2v) is 9.34. The quantitative estimate of drug-likeness (QED) is 0.323. The number of pyridine rings is 1. The zero-order valence-corrected chi connectivity index (χ0v) is 22.0. The molecule has 3 heterocycles. The molecule has 0 bridgehead atoms. The van der Waals surface area contributed by atoms with E-state index in [4.69, 9.17) is 4.98 Å². The van der Waals surface area contributed by atoms with E-state index >= 15 is 0 Å². The van der Waals surface area contributed by atoms with Crippen molar-refractivity contribution in [2.75, 3.05) is 18.0 Å². The van der Waals surface area contributed by atoms with Gasteiger partial charge in [0.25, 0.3) is 11.5 Å². The maximum atomic E-state index is 13.8. The number of nitrogens with zero attached hydrogens (tertiary/aromatic N) is 5. The highest BCUT2D eigenvalue weighted by Gasteiger charge is 2.31. The van der Waals surface area contributed by atoms with Crippen LogP contribution in [-0.2, 0) is 25.7 Å². The lowest BCUT2D eigenvalue weighted by Crippen LogP contribution is -2.42. The zero-order valence-electron chi connectivity index (χ0n) is 22.0. The monoisotopic (exact) mass is 545 g/mol. The van der Waals surface area contributed by atoms with E-state index in [9.17, 15) is 22.8 Å². The number of aromatic nitrogens is 3. The van der Waals surface area contributed by atoms with Gasteiger partial charge < -0.3 is 9.80 Å². The van der Waals surface area contributed by atoms with Crippen molar-refractivity contribution >= 4 is 28.4 Å². The molecule has 40 heavy (non-hydrogen) atoms. The molecule has 4 aromatic rings. The van der Waals surface area contributed by atoms with Crippen molar-refractivity contribution in [3.8, 4) is 11.8 Å². The molecule has 1 aliphatic rings. The third-order valence-corrected chi connectivity index (χ3v) is 6.90. The van der Waals surface area contributed by atoms with E-state index in [0.29, 0.717) is 48.0 Å². The van der Waals surface area contributed by atoms with Crippen LogP contribution < -0.4 is 10.5 Å². The molecule has 0 aliphatic carbocycles. The van der Waals surface area contributed by atoms with E-state index in [1.807, 2.05) is 31.2 Å². The summed E-state index contributed by atoms with van der Waals surface area (Å²) in [7, 11) is 0. The van der Waals surface area contributed by atoms with Crippen LogP contribution in [0.3, 0.4) is 0 Å². The molecule has 0 spiro atoms. The molecule has 1 aliphatic heterocycles. The molecule has 0 saturated carbocycles. The Bertz CT molecular complexity index is 1700. The van der Waals surface area contributed by atoms with Crippen LogP contribution in [0.25, 0.3) is 10.9 Å². The first-order chi connectivity index (χ1) is 19.2. The maximum Gasteiger partial charge on any atom is 0.416 e. The van der Waals surface area contributed by atoms with Crippen LogP contribution in [0.5, 0.6) is 0 Å². The summed E-state index contributed by atoms with van der Waals surface area (Å²) >= 11 is 0. The lowest BCUT2D eigenvalue weighted by Gasteiger charge is -2.31. The van der Waals surface area contributed by atoms with Crippen LogP contribution in [0.2, 0.25) is 0 Å². The second kappa shape index (κ2) is 10.8. The van der Waals surface area contributed by atoms with Crippen molar-refractivity contribution in [2.45, 2.75) is 39.5 Å². The Morgan fingerprint density at radius 2 is 1.88 bits per heavy atom. The number of halogens is 3. The number of carbonyl (C=O) groups excluding carboxylic acids is 1. The minimum atomic E-state index is -4.45. The Labute approximate surface area is 228 Å². The summed E-state index contributed by atoms with van der Waals surface area (Å²) < 4.78 is 40.8. The normalized spacial score (nSPS) is 13.0. The van der Waals surface area contributed by atoms with Gasteiger partial charge in [0, 0.05) is 36.8 Å². The van der Waals surface area contributed by atoms with Gasteiger partial charge in [-0.1, -0.05) is 24.1 Å². The van der Waals surface area contributed by atoms with E-state index in [1.54, 1.807) is 29.0 Å². The predicted molar refractivity (Wildman–Crippen MR) is 146 cm³/mol. The van der Waals surface area contributed by atoms with Crippen molar-refractivity contribution in [1.82, 2.24) is 19.4 Å². The van der Waals surface area contributed by atoms with Gasteiger partial charge in [-0.2, -0.15) is 13.2 Å². The van der Waals surface area contributed by atoms with E-state index in [2.05, 4.69) is 16.8 Å². The first kappa shape index (κ1) is 26.9.